The number of nitrogens with one attached hydrogen (secondary N) is 3. The van der Waals surface area contributed by atoms with Gasteiger partial charge in [-0.3, -0.25) is 14.3 Å². The van der Waals surface area contributed by atoms with Crippen LogP contribution in [0.3, 0.4) is 0 Å². The van der Waals surface area contributed by atoms with Crippen LogP contribution in [0.1, 0.15) is 55.5 Å². The van der Waals surface area contributed by atoms with Gasteiger partial charge in [0.2, 0.25) is 5.43 Å². The highest BCUT2D eigenvalue weighted by molar-refractivity contribution is 7.92. The summed E-state index contributed by atoms with van der Waals surface area (Å²) in [6.45, 7) is 4.13. The number of anilines is 1. The molecule has 4 rings (SSSR count). The number of aromatic amines is 1. The lowest BCUT2D eigenvalue weighted by molar-refractivity contribution is 0.0909. The molecule has 0 spiro atoms. The Morgan fingerprint density at radius 3 is 2.52 bits per heavy atom. The van der Waals surface area contributed by atoms with Crippen molar-refractivity contribution in [3.8, 4) is 0 Å². The van der Waals surface area contributed by atoms with Gasteiger partial charge in [0.15, 0.2) is 0 Å². The third-order valence-corrected chi connectivity index (χ3v) is 7.83. The van der Waals surface area contributed by atoms with E-state index in [1.807, 2.05) is 19.1 Å². The van der Waals surface area contributed by atoms with Gasteiger partial charge in [0.05, 0.1) is 4.90 Å². The van der Waals surface area contributed by atoms with E-state index in [-0.39, 0.29) is 21.9 Å². The molecule has 0 aliphatic heterocycles. The molecule has 1 aliphatic carbocycles. The van der Waals surface area contributed by atoms with E-state index in [1.54, 1.807) is 12.1 Å². The summed E-state index contributed by atoms with van der Waals surface area (Å²) in [5.74, 6) is -0.0734. The number of carbonyl (C=O) groups excluding carboxylic acids is 1. The van der Waals surface area contributed by atoms with Gasteiger partial charge in [0, 0.05) is 28.8 Å². The molecule has 174 valence electrons. The number of carbonyl (C=O) groups is 1. The topological polar surface area (TPSA) is 108 Å². The number of sulfonamides is 1. The highest BCUT2D eigenvalue weighted by Crippen LogP contribution is 2.24. The van der Waals surface area contributed by atoms with Crippen molar-refractivity contribution in [2.24, 2.45) is 5.92 Å². The third kappa shape index (κ3) is 4.95. The monoisotopic (exact) mass is 467 g/mol. The number of pyridine rings is 1. The molecule has 3 N–H and O–H groups in total. The van der Waals surface area contributed by atoms with Gasteiger partial charge in [-0.25, -0.2) is 8.42 Å². The Morgan fingerprint density at radius 2 is 1.82 bits per heavy atom. The second kappa shape index (κ2) is 9.39. The number of benzene rings is 2. The van der Waals surface area contributed by atoms with Crippen LogP contribution in [0.15, 0.2) is 58.4 Å². The van der Waals surface area contributed by atoms with Crippen molar-refractivity contribution in [3.63, 3.8) is 0 Å². The van der Waals surface area contributed by atoms with Crippen LogP contribution in [0.25, 0.3) is 10.9 Å². The van der Waals surface area contributed by atoms with Gasteiger partial charge in [-0.2, -0.15) is 0 Å². The molecule has 1 aromatic heterocycles. The van der Waals surface area contributed by atoms with Crippen molar-refractivity contribution in [2.75, 3.05) is 4.72 Å². The zero-order valence-corrected chi connectivity index (χ0v) is 19.7. The number of aromatic nitrogens is 1. The molecule has 0 saturated heterocycles. The van der Waals surface area contributed by atoms with Gasteiger partial charge in [0.1, 0.15) is 5.56 Å². The van der Waals surface area contributed by atoms with Gasteiger partial charge >= 0.3 is 0 Å². The van der Waals surface area contributed by atoms with Crippen molar-refractivity contribution >= 4 is 32.5 Å². The Kier molecular flexibility index (Phi) is 6.56. The zero-order chi connectivity index (χ0) is 23.6. The number of aryl methyl sites for hydroxylation is 1. The van der Waals surface area contributed by atoms with Crippen LogP contribution in [0.4, 0.5) is 5.69 Å². The van der Waals surface area contributed by atoms with Crippen LogP contribution in [0.2, 0.25) is 0 Å². The van der Waals surface area contributed by atoms with E-state index < -0.39 is 21.4 Å². The van der Waals surface area contributed by atoms with Gasteiger partial charge in [-0.05, 0) is 61.1 Å². The van der Waals surface area contributed by atoms with Crippen molar-refractivity contribution in [1.29, 1.82) is 0 Å². The molecule has 33 heavy (non-hydrogen) atoms. The van der Waals surface area contributed by atoms with E-state index >= 15 is 0 Å². The maximum atomic E-state index is 13.1. The molecule has 3 aromatic rings. The number of hydrogen-bond donors (Lipinski definition) is 3. The molecule has 1 fully saturated rings. The zero-order valence-electron chi connectivity index (χ0n) is 18.9. The number of H-pyrrole nitrogens is 1. The van der Waals surface area contributed by atoms with Gasteiger partial charge in [-0.1, -0.05) is 38.8 Å². The Labute approximate surface area is 193 Å². The summed E-state index contributed by atoms with van der Waals surface area (Å²) >= 11 is 0. The molecule has 2 aromatic carbocycles. The maximum Gasteiger partial charge on any atom is 0.261 e. The first kappa shape index (κ1) is 23.0. The SMILES string of the molecule is CCc1ccc(NS(=O)(=O)c2ccc3[nH]cc(C(=O)N[C@@H]4CCCC[C@H]4C)c(=O)c3c2)cc1. The largest absolute Gasteiger partial charge is 0.360 e. The maximum absolute atomic E-state index is 13.1. The molecule has 1 saturated carbocycles. The summed E-state index contributed by atoms with van der Waals surface area (Å²) in [6.07, 6.45) is 6.41. The Bertz CT molecular complexity index is 1330. The minimum absolute atomic E-state index is 0.0158. The fourth-order valence-corrected chi connectivity index (χ4v) is 5.42. The van der Waals surface area contributed by atoms with E-state index in [1.165, 1.54) is 24.4 Å². The summed E-state index contributed by atoms with van der Waals surface area (Å²) < 4.78 is 28.4. The summed E-state index contributed by atoms with van der Waals surface area (Å²) in [7, 11) is -3.91. The van der Waals surface area contributed by atoms with Crippen LogP contribution >= 0.6 is 0 Å². The molecule has 0 bridgehead atoms. The summed E-state index contributed by atoms with van der Waals surface area (Å²) in [4.78, 5) is 28.9. The molecule has 7 nitrogen and oxygen atoms in total. The van der Waals surface area contributed by atoms with E-state index in [2.05, 4.69) is 21.9 Å². The Balaban J connectivity index is 1.62. The van der Waals surface area contributed by atoms with E-state index in [9.17, 15) is 18.0 Å². The minimum atomic E-state index is -3.91. The van der Waals surface area contributed by atoms with Crippen molar-refractivity contribution in [3.05, 3.63) is 70.0 Å². The van der Waals surface area contributed by atoms with Gasteiger partial charge < -0.3 is 10.3 Å². The number of amides is 1. The first-order valence-corrected chi connectivity index (χ1v) is 12.8. The smallest absolute Gasteiger partial charge is 0.261 e. The van der Waals surface area contributed by atoms with Crippen LogP contribution in [-0.2, 0) is 16.4 Å². The lowest BCUT2D eigenvalue weighted by atomic mass is 9.86. The summed E-state index contributed by atoms with van der Waals surface area (Å²) in [6, 6.07) is 11.5. The normalized spacial score (nSPS) is 18.7. The van der Waals surface area contributed by atoms with Crippen LogP contribution in [0.5, 0.6) is 0 Å². The lowest BCUT2D eigenvalue weighted by Gasteiger charge is -2.29. The first-order valence-electron chi connectivity index (χ1n) is 11.4. The number of fused-ring (bicyclic) bond motifs is 1. The fourth-order valence-electron chi connectivity index (χ4n) is 4.33. The highest BCUT2D eigenvalue weighted by Gasteiger charge is 2.25. The summed E-state index contributed by atoms with van der Waals surface area (Å²) in [5, 5.41) is 3.14. The second-order valence-corrected chi connectivity index (χ2v) is 10.4. The molecule has 8 heteroatoms. The highest BCUT2D eigenvalue weighted by atomic mass is 32.2. The van der Waals surface area contributed by atoms with Crippen LogP contribution in [0, 0.1) is 5.92 Å². The van der Waals surface area contributed by atoms with Gasteiger partial charge in [0.25, 0.3) is 15.9 Å². The standard InChI is InChI=1S/C25H29N3O4S/c1-3-17-8-10-18(11-9-17)28-33(31,32)19-12-13-23-20(14-19)24(29)21(15-26-23)25(30)27-22-7-5-4-6-16(22)2/h8-16,22,28H,3-7H2,1-2H3,(H,26,29)(H,27,30)/t16-,22-/m1/s1. The van der Waals surface area contributed by atoms with E-state index in [0.29, 0.717) is 17.1 Å². The van der Waals surface area contributed by atoms with E-state index in [0.717, 1.165) is 37.7 Å². The third-order valence-electron chi connectivity index (χ3n) is 6.45. The molecular weight excluding hydrogens is 438 g/mol. The molecule has 1 aliphatic rings. The molecular formula is C25H29N3O4S. The Morgan fingerprint density at radius 1 is 1.09 bits per heavy atom. The van der Waals surface area contributed by atoms with Crippen LogP contribution < -0.4 is 15.5 Å². The van der Waals surface area contributed by atoms with Crippen LogP contribution in [-0.4, -0.2) is 25.4 Å². The Hall–Kier alpha value is -3.13. The average molecular weight is 468 g/mol. The lowest BCUT2D eigenvalue weighted by Crippen LogP contribution is -2.42. The molecule has 2 atom stereocenters. The average Bonchev–Trinajstić information content (AvgIpc) is 2.81. The predicted octanol–water partition coefficient (Wildman–Crippen LogP) is 4.20. The minimum Gasteiger partial charge on any atom is -0.360 e. The van der Waals surface area contributed by atoms with Crippen molar-refractivity contribution in [2.45, 2.75) is 56.9 Å². The van der Waals surface area contributed by atoms with Crippen molar-refractivity contribution in [1.82, 2.24) is 10.3 Å². The quantitative estimate of drug-likeness (QED) is 0.505. The predicted molar refractivity (Wildman–Crippen MR) is 130 cm³/mol. The van der Waals surface area contributed by atoms with Crippen molar-refractivity contribution < 1.29 is 13.2 Å². The number of rotatable bonds is 6. The first-order chi connectivity index (χ1) is 15.8. The molecule has 1 amide bonds. The summed E-state index contributed by atoms with van der Waals surface area (Å²) in [5.41, 5.74) is 1.50. The van der Waals surface area contributed by atoms with E-state index in [4.69, 9.17) is 0 Å². The number of hydrogen-bond acceptors (Lipinski definition) is 4. The second-order valence-electron chi connectivity index (χ2n) is 8.74. The molecule has 1 heterocycles. The molecule has 0 radical (unpaired) electrons. The molecule has 0 unspecified atom stereocenters. The van der Waals surface area contributed by atoms with Gasteiger partial charge in [-0.15, -0.1) is 0 Å². The fraction of sp³-hybridized carbons (Fsp3) is 0.360.